The number of carbonyl (C=O) groups is 4. The van der Waals surface area contributed by atoms with Crippen LogP contribution in [0.25, 0.3) is 0 Å². The van der Waals surface area contributed by atoms with Crippen molar-refractivity contribution in [2.45, 2.75) is 71.9 Å². The van der Waals surface area contributed by atoms with E-state index in [0.29, 0.717) is 23.3 Å². The van der Waals surface area contributed by atoms with Crippen molar-refractivity contribution in [2.24, 2.45) is 5.41 Å². The molecule has 2 heterocycles. The highest BCUT2D eigenvalue weighted by Crippen LogP contribution is 2.47. The fourth-order valence-electron chi connectivity index (χ4n) is 4.03. The zero-order valence-corrected chi connectivity index (χ0v) is 17.8. The van der Waals surface area contributed by atoms with E-state index in [1.807, 2.05) is 27.7 Å². The fourth-order valence-corrected chi connectivity index (χ4v) is 4.03. The van der Waals surface area contributed by atoms with Crippen molar-refractivity contribution in [1.29, 1.82) is 0 Å². The molecule has 1 N–H and O–H groups in total. The van der Waals surface area contributed by atoms with Gasteiger partial charge in [0.1, 0.15) is 6.04 Å². The molecule has 1 aromatic rings. The number of piperidine rings is 1. The Kier molecular flexibility index (Phi) is 6.14. The van der Waals surface area contributed by atoms with Crippen LogP contribution in [-0.2, 0) is 19.3 Å². The largest absolute Gasteiger partial charge is 0.355 e. The molecule has 0 saturated carbocycles. The minimum atomic E-state index is -0.719. The summed E-state index contributed by atoms with van der Waals surface area (Å²) >= 11 is 0. The van der Waals surface area contributed by atoms with E-state index >= 15 is 0 Å². The van der Waals surface area contributed by atoms with E-state index in [4.69, 9.17) is 9.78 Å². The average Bonchev–Trinajstić information content (AvgIpc) is 2.97. The van der Waals surface area contributed by atoms with Crippen molar-refractivity contribution in [3.05, 3.63) is 29.3 Å². The van der Waals surface area contributed by atoms with Gasteiger partial charge in [-0.3, -0.25) is 29.5 Å². The Labute approximate surface area is 175 Å². The summed E-state index contributed by atoms with van der Waals surface area (Å²) < 4.78 is 0. The summed E-state index contributed by atoms with van der Waals surface area (Å²) in [5, 5.41) is 2.33. The van der Waals surface area contributed by atoms with E-state index in [0.717, 1.165) is 6.42 Å². The second-order valence-electron chi connectivity index (χ2n) is 8.84. The normalized spacial score (nSPS) is 21.3. The first kappa shape index (κ1) is 21.8. The van der Waals surface area contributed by atoms with Gasteiger partial charge in [-0.2, -0.15) is 0 Å². The van der Waals surface area contributed by atoms with Gasteiger partial charge in [0.25, 0.3) is 5.91 Å². The number of hydrogen-bond acceptors (Lipinski definition) is 6. The molecule has 2 atom stereocenters. The number of unbranched alkanes of at least 4 members (excludes halogenated alkanes) is 1. The molecule has 8 heteroatoms. The lowest BCUT2D eigenvalue weighted by atomic mass is 9.81. The summed E-state index contributed by atoms with van der Waals surface area (Å²) in [6, 6.07) is 3.75. The quantitative estimate of drug-likeness (QED) is 0.434. The summed E-state index contributed by atoms with van der Waals surface area (Å²) in [4.78, 5) is 60.6. The first-order chi connectivity index (χ1) is 14.1. The van der Waals surface area contributed by atoms with E-state index in [9.17, 15) is 19.2 Å². The highest BCUT2D eigenvalue weighted by Gasteiger charge is 2.49. The van der Waals surface area contributed by atoms with Crippen LogP contribution in [0.4, 0.5) is 0 Å². The van der Waals surface area contributed by atoms with E-state index in [-0.39, 0.29) is 36.5 Å². The Hall–Kier alpha value is -2.90. The molecule has 3 amide bonds. The van der Waals surface area contributed by atoms with Crippen molar-refractivity contribution in [3.8, 4) is 5.75 Å². The Morgan fingerprint density at radius 3 is 2.60 bits per heavy atom. The molecule has 3 rings (SSSR count). The van der Waals surface area contributed by atoms with Crippen molar-refractivity contribution < 1.29 is 29.0 Å². The van der Waals surface area contributed by atoms with Crippen LogP contribution in [0, 0.1) is 5.41 Å². The number of rotatable bonds is 6. The van der Waals surface area contributed by atoms with Crippen LogP contribution >= 0.6 is 0 Å². The van der Waals surface area contributed by atoms with E-state index < -0.39 is 24.0 Å². The predicted molar refractivity (Wildman–Crippen MR) is 107 cm³/mol. The Bertz CT molecular complexity index is 873. The summed E-state index contributed by atoms with van der Waals surface area (Å²) in [6.45, 7) is 7.93. The maximum Gasteiger partial charge on any atom is 0.355 e. The lowest BCUT2D eigenvalue weighted by Gasteiger charge is -2.40. The van der Waals surface area contributed by atoms with Gasteiger partial charge in [0.15, 0.2) is 5.75 Å². The van der Waals surface area contributed by atoms with Gasteiger partial charge in [0.2, 0.25) is 11.8 Å². The summed E-state index contributed by atoms with van der Waals surface area (Å²) in [5.41, 5.74) is 0.794. The molecule has 2 unspecified atom stereocenters. The molecule has 2 aliphatic rings. The second kappa shape index (κ2) is 8.45. The molecule has 1 fully saturated rings. The SMILES string of the molecule is CCCCC(=O)OOc1ccc2c(c1)C(C(C)(C)C)N(C1CCC(=O)NC1=O)C2=O. The third-order valence-corrected chi connectivity index (χ3v) is 5.39. The van der Waals surface area contributed by atoms with Crippen LogP contribution in [0.15, 0.2) is 18.2 Å². The number of nitrogens with one attached hydrogen (secondary N) is 1. The highest BCUT2D eigenvalue weighted by molar-refractivity contribution is 6.06. The minimum absolute atomic E-state index is 0.190. The van der Waals surface area contributed by atoms with Gasteiger partial charge >= 0.3 is 5.97 Å². The van der Waals surface area contributed by atoms with Gasteiger partial charge in [-0.1, -0.05) is 34.1 Å². The van der Waals surface area contributed by atoms with Crippen molar-refractivity contribution in [3.63, 3.8) is 0 Å². The third kappa shape index (κ3) is 4.32. The van der Waals surface area contributed by atoms with Crippen molar-refractivity contribution >= 4 is 23.7 Å². The Morgan fingerprint density at radius 1 is 1.23 bits per heavy atom. The van der Waals surface area contributed by atoms with E-state index in [2.05, 4.69) is 5.32 Å². The van der Waals surface area contributed by atoms with Gasteiger partial charge in [-0.05, 0) is 42.0 Å². The summed E-state index contributed by atoms with van der Waals surface area (Å²) in [5.74, 6) is -1.18. The number of amides is 3. The van der Waals surface area contributed by atoms with Gasteiger partial charge < -0.3 is 4.90 Å². The van der Waals surface area contributed by atoms with Crippen LogP contribution in [0.2, 0.25) is 0 Å². The molecular formula is C22H28N2O6. The number of carbonyl (C=O) groups excluding carboxylic acids is 4. The highest BCUT2D eigenvalue weighted by atomic mass is 17.2. The van der Waals surface area contributed by atoms with Crippen LogP contribution in [-0.4, -0.2) is 34.6 Å². The smallest absolute Gasteiger partial charge is 0.319 e. The lowest BCUT2D eigenvalue weighted by Crippen LogP contribution is -2.54. The van der Waals surface area contributed by atoms with E-state index in [1.54, 1.807) is 23.1 Å². The first-order valence-electron chi connectivity index (χ1n) is 10.3. The molecule has 1 aromatic carbocycles. The minimum Gasteiger partial charge on any atom is -0.319 e. The number of nitrogens with zero attached hydrogens (tertiary/aromatic N) is 1. The zero-order valence-electron chi connectivity index (χ0n) is 17.8. The maximum absolute atomic E-state index is 13.2. The number of benzene rings is 1. The molecule has 0 radical (unpaired) electrons. The van der Waals surface area contributed by atoms with Gasteiger partial charge in [-0.25, -0.2) is 4.79 Å². The topological polar surface area (TPSA) is 102 Å². The van der Waals surface area contributed by atoms with Gasteiger partial charge in [-0.15, -0.1) is 0 Å². The molecule has 0 spiro atoms. The average molecular weight is 416 g/mol. The molecule has 30 heavy (non-hydrogen) atoms. The van der Waals surface area contributed by atoms with Crippen molar-refractivity contribution in [1.82, 2.24) is 10.2 Å². The third-order valence-electron chi connectivity index (χ3n) is 5.39. The number of hydrogen-bond donors (Lipinski definition) is 1. The van der Waals surface area contributed by atoms with Gasteiger partial charge in [0.05, 0.1) is 12.5 Å². The lowest BCUT2D eigenvalue weighted by molar-refractivity contribution is -0.213. The standard InChI is InChI=1S/C22H28N2O6/c1-5-6-7-18(26)30-29-13-8-9-14-15(12-13)19(22(2,3)4)24(21(14)28)16-10-11-17(25)23-20(16)27/h8-9,12,16,19H,5-7,10-11H2,1-4H3,(H,23,25,27). The second-order valence-corrected chi connectivity index (χ2v) is 8.84. The zero-order chi connectivity index (χ0) is 22.1. The predicted octanol–water partition coefficient (Wildman–Crippen LogP) is 3.06. The van der Waals surface area contributed by atoms with Crippen molar-refractivity contribution in [2.75, 3.05) is 0 Å². The summed E-state index contributed by atoms with van der Waals surface area (Å²) in [6.07, 6.45) is 2.34. The fraction of sp³-hybridized carbons (Fsp3) is 0.545. The number of fused-ring (bicyclic) bond motifs is 1. The Morgan fingerprint density at radius 2 is 1.97 bits per heavy atom. The van der Waals surface area contributed by atoms with Crippen LogP contribution in [0.1, 0.15) is 81.8 Å². The molecule has 0 aromatic heterocycles. The number of imide groups is 1. The monoisotopic (exact) mass is 416 g/mol. The van der Waals surface area contributed by atoms with E-state index in [1.165, 1.54) is 0 Å². The summed E-state index contributed by atoms with van der Waals surface area (Å²) in [7, 11) is 0. The molecular weight excluding hydrogens is 388 g/mol. The molecule has 0 aliphatic carbocycles. The van der Waals surface area contributed by atoms with Crippen LogP contribution < -0.4 is 10.2 Å². The Balaban J connectivity index is 1.88. The molecule has 162 valence electrons. The van der Waals surface area contributed by atoms with Gasteiger partial charge in [0, 0.05) is 12.0 Å². The first-order valence-corrected chi connectivity index (χ1v) is 10.3. The molecule has 2 aliphatic heterocycles. The molecule has 0 bridgehead atoms. The van der Waals surface area contributed by atoms with Crippen LogP contribution in [0.5, 0.6) is 5.75 Å². The molecule has 1 saturated heterocycles. The van der Waals surface area contributed by atoms with Crippen LogP contribution in [0.3, 0.4) is 0 Å². The maximum atomic E-state index is 13.2. The molecule has 8 nitrogen and oxygen atoms in total.